The Kier molecular flexibility index (Phi) is 5.51. The van der Waals surface area contributed by atoms with Crippen LogP contribution < -0.4 is 10.2 Å². The van der Waals surface area contributed by atoms with E-state index in [0.29, 0.717) is 23.5 Å². The van der Waals surface area contributed by atoms with E-state index in [4.69, 9.17) is 0 Å². The minimum Gasteiger partial charge on any atom is -0.359 e. The van der Waals surface area contributed by atoms with Crippen LogP contribution in [0.1, 0.15) is 38.7 Å². The second kappa shape index (κ2) is 8.78. The highest BCUT2D eigenvalue weighted by molar-refractivity contribution is 6.36. The smallest absolute Gasteiger partial charge is 0.274 e. The van der Waals surface area contributed by atoms with Crippen molar-refractivity contribution in [1.29, 1.82) is 0 Å². The van der Waals surface area contributed by atoms with Gasteiger partial charge in [0.05, 0.1) is 23.5 Å². The molecule has 0 saturated carbocycles. The maximum absolute atomic E-state index is 13.6. The van der Waals surface area contributed by atoms with Crippen molar-refractivity contribution in [3.63, 3.8) is 0 Å². The van der Waals surface area contributed by atoms with Crippen LogP contribution in [0.15, 0.2) is 73.1 Å². The number of H-pyrrole nitrogens is 1. The van der Waals surface area contributed by atoms with E-state index in [-0.39, 0.29) is 11.8 Å². The lowest BCUT2D eigenvalue weighted by atomic mass is 10.0. The van der Waals surface area contributed by atoms with Crippen LogP contribution in [0.3, 0.4) is 0 Å². The summed E-state index contributed by atoms with van der Waals surface area (Å²) in [5.41, 5.74) is 6.82. The molecule has 0 radical (unpaired) electrons. The van der Waals surface area contributed by atoms with Crippen molar-refractivity contribution in [2.24, 2.45) is 0 Å². The Hall–Kier alpha value is -4.52. The predicted molar refractivity (Wildman–Crippen MR) is 132 cm³/mol. The maximum Gasteiger partial charge on any atom is 0.274 e. The largest absolute Gasteiger partial charge is 0.359 e. The lowest BCUT2D eigenvalue weighted by Crippen LogP contribution is -2.26. The molecule has 0 bridgehead atoms. The third kappa shape index (κ3) is 4.11. The molecular formula is C27H23N5O2. The number of nitrogens with zero attached hydrogens (tertiary/aromatic N) is 3. The van der Waals surface area contributed by atoms with Crippen molar-refractivity contribution >= 4 is 34.8 Å². The summed E-state index contributed by atoms with van der Waals surface area (Å²) in [7, 11) is 0. The zero-order valence-corrected chi connectivity index (χ0v) is 18.9. The summed E-state index contributed by atoms with van der Waals surface area (Å²) >= 11 is 0. The molecule has 7 heteroatoms. The highest BCUT2D eigenvalue weighted by Crippen LogP contribution is 2.40. The average Bonchev–Trinajstić information content (AvgIpc) is 3.30. The Labute approximate surface area is 197 Å². The third-order valence-corrected chi connectivity index (χ3v) is 5.73. The molecule has 2 N–H and O–H groups in total. The first kappa shape index (κ1) is 21.3. The second-order valence-corrected chi connectivity index (χ2v) is 8.22. The topological polar surface area (TPSA) is 91.0 Å². The quantitative estimate of drug-likeness (QED) is 0.430. The Bertz CT molecular complexity index is 1410. The Morgan fingerprint density at radius 2 is 1.82 bits per heavy atom. The molecule has 5 rings (SSSR count). The Balaban J connectivity index is 1.54. The van der Waals surface area contributed by atoms with E-state index >= 15 is 0 Å². The van der Waals surface area contributed by atoms with Crippen LogP contribution in [0.5, 0.6) is 0 Å². The number of carbonyl (C=O) groups excluding carboxylic acids is 2. The van der Waals surface area contributed by atoms with Crippen LogP contribution in [0.2, 0.25) is 0 Å². The van der Waals surface area contributed by atoms with Crippen LogP contribution in [-0.2, 0) is 11.3 Å². The highest BCUT2D eigenvalue weighted by Gasteiger charge is 2.33. The molecule has 0 unspecified atom stereocenters. The van der Waals surface area contributed by atoms with Gasteiger partial charge < -0.3 is 15.2 Å². The van der Waals surface area contributed by atoms with E-state index in [9.17, 15) is 9.59 Å². The Morgan fingerprint density at radius 3 is 2.50 bits per heavy atom. The fourth-order valence-corrected chi connectivity index (χ4v) is 4.12. The van der Waals surface area contributed by atoms with Gasteiger partial charge in [0, 0.05) is 35.0 Å². The summed E-state index contributed by atoms with van der Waals surface area (Å²) in [6.45, 7) is 4.33. The lowest BCUT2D eigenvalue weighted by Gasteiger charge is -2.17. The van der Waals surface area contributed by atoms with Gasteiger partial charge in [-0.25, -0.2) is 0 Å². The molecule has 4 aromatic rings. The normalized spacial score (nSPS) is 13.9. The molecular weight excluding hydrogens is 426 g/mol. The van der Waals surface area contributed by atoms with Gasteiger partial charge in [-0.05, 0) is 68.0 Å². The lowest BCUT2D eigenvalue weighted by molar-refractivity contribution is -0.113. The second-order valence-electron chi connectivity index (χ2n) is 8.22. The van der Waals surface area contributed by atoms with Gasteiger partial charge in [0.1, 0.15) is 5.69 Å². The molecule has 1 aliphatic heterocycles. The molecule has 2 amide bonds. The number of carbonyl (C=O) groups is 2. The Morgan fingerprint density at radius 1 is 1.03 bits per heavy atom. The molecule has 1 aliphatic rings. The molecule has 0 saturated heterocycles. The summed E-state index contributed by atoms with van der Waals surface area (Å²) in [6.07, 6.45) is 5.18. The molecule has 0 atom stereocenters. The standard InChI is InChI=1S/C27H23N5O2/c1-17-13-18(2)30-24(17)15-22-21-10-9-19(31-26(33)23-8-4-6-12-29-23)14-25(21)32(27(22)34)16-20-7-3-5-11-28-20/h3-15,30H,16H2,1-2H3,(H,31,33)/b22-15-. The van der Waals surface area contributed by atoms with E-state index in [2.05, 4.69) is 26.3 Å². The first-order valence-electron chi connectivity index (χ1n) is 11.0. The summed E-state index contributed by atoms with van der Waals surface area (Å²) in [6, 6.07) is 18.4. The minimum atomic E-state index is -0.311. The number of pyridine rings is 2. The number of aromatic amines is 1. The van der Waals surface area contributed by atoms with Crippen LogP contribution in [0.25, 0.3) is 11.6 Å². The van der Waals surface area contributed by atoms with Crippen molar-refractivity contribution in [2.75, 3.05) is 10.2 Å². The number of fused-ring (bicyclic) bond motifs is 1. The number of hydrogen-bond acceptors (Lipinski definition) is 4. The van der Waals surface area contributed by atoms with Crippen LogP contribution in [0.4, 0.5) is 11.4 Å². The number of aromatic nitrogens is 3. The first-order chi connectivity index (χ1) is 16.5. The van der Waals surface area contributed by atoms with Crippen LogP contribution in [0, 0.1) is 13.8 Å². The van der Waals surface area contributed by atoms with Crippen LogP contribution >= 0.6 is 0 Å². The number of hydrogen-bond donors (Lipinski definition) is 2. The summed E-state index contributed by atoms with van der Waals surface area (Å²) in [4.78, 5) is 39.7. The maximum atomic E-state index is 13.6. The number of rotatable bonds is 5. The van der Waals surface area contributed by atoms with Gasteiger partial charge in [0.25, 0.3) is 11.8 Å². The molecule has 168 valence electrons. The molecule has 1 aromatic carbocycles. The number of anilines is 2. The number of benzene rings is 1. The number of nitrogens with one attached hydrogen (secondary N) is 2. The van der Waals surface area contributed by atoms with Crippen molar-refractivity contribution in [2.45, 2.75) is 20.4 Å². The minimum absolute atomic E-state index is 0.111. The summed E-state index contributed by atoms with van der Waals surface area (Å²) in [5, 5.41) is 2.88. The molecule has 4 heterocycles. The average molecular weight is 450 g/mol. The molecule has 0 fully saturated rings. The van der Waals surface area contributed by atoms with E-state index in [1.165, 1.54) is 0 Å². The van der Waals surface area contributed by atoms with Crippen LogP contribution in [-0.4, -0.2) is 26.8 Å². The van der Waals surface area contributed by atoms with Crippen molar-refractivity contribution in [1.82, 2.24) is 15.0 Å². The van der Waals surface area contributed by atoms with Gasteiger partial charge >= 0.3 is 0 Å². The van der Waals surface area contributed by atoms with Gasteiger partial charge in [-0.2, -0.15) is 0 Å². The van der Waals surface area contributed by atoms with Gasteiger partial charge in [0.2, 0.25) is 0 Å². The zero-order chi connectivity index (χ0) is 23.7. The SMILES string of the molecule is Cc1cc(C)c(/C=C2\C(=O)N(Cc3ccccn3)c3cc(NC(=O)c4ccccn4)ccc32)[nH]1. The molecule has 7 nitrogen and oxygen atoms in total. The fraction of sp³-hybridized carbons (Fsp3) is 0.111. The fourth-order valence-electron chi connectivity index (χ4n) is 4.12. The van der Waals surface area contributed by atoms with E-state index in [1.54, 1.807) is 41.6 Å². The third-order valence-electron chi connectivity index (χ3n) is 5.73. The van der Waals surface area contributed by atoms with Crippen molar-refractivity contribution in [3.8, 4) is 0 Å². The zero-order valence-electron chi connectivity index (χ0n) is 18.9. The van der Waals surface area contributed by atoms with Gasteiger partial charge in [-0.3, -0.25) is 19.6 Å². The van der Waals surface area contributed by atoms with E-state index < -0.39 is 0 Å². The molecule has 0 spiro atoms. The van der Waals surface area contributed by atoms with Crippen molar-refractivity contribution in [3.05, 3.63) is 107 Å². The van der Waals surface area contributed by atoms with Gasteiger partial charge in [-0.15, -0.1) is 0 Å². The number of aryl methyl sites for hydroxylation is 2. The first-order valence-corrected chi connectivity index (χ1v) is 11.0. The molecule has 3 aromatic heterocycles. The van der Waals surface area contributed by atoms with Gasteiger partial charge in [0.15, 0.2) is 0 Å². The molecule has 0 aliphatic carbocycles. The summed E-state index contributed by atoms with van der Waals surface area (Å²) in [5.74, 6) is -0.421. The van der Waals surface area contributed by atoms with E-state index in [0.717, 1.165) is 33.9 Å². The highest BCUT2D eigenvalue weighted by atomic mass is 16.2. The monoisotopic (exact) mass is 449 g/mol. The summed E-state index contributed by atoms with van der Waals surface area (Å²) < 4.78 is 0. The van der Waals surface area contributed by atoms with E-state index in [1.807, 2.05) is 50.3 Å². The number of amides is 2. The predicted octanol–water partition coefficient (Wildman–Crippen LogP) is 4.76. The van der Waals surface area contributed by atoms with Crippen molar-refractivity contribution < 1.29 is 9.59 Å². The molecule has 34 heavy (non-hydrogen) atoms. The van der Waals surface area contributed by atoms with Gasteiger partial charge in [-0.1, -0.05) is 18.2 Å².